The van der Waals surface area contributed by atoms with Crippen LogP contribution in [0.25, 0.3) is 11.0 Å². The van der Waals surface area contributed by atoms with Gasteiger partial charge in [-0.1, -0.05) is 23.7 Å². The molecule has 49 heavy (non-hydrogen) atoms. The molecule has 0 spiro atoms. The summed E-state index contributed by atoms with van der Waals surface area (Å²) in [5, 5.41) is -0.291. The van der Waals surface area contributed by atoms with Crippen LogP contribution in [0.5, 0.6) is 0 Å². The van der Waals surface area contributed by atoms with Crippen LogP contribution in [0.3, 0.4) is 0 Å². The molecule has 6 rings (SSSR count). The van der Waals surface area contributed by atoms with Gasteiger partial charge in [0.25, 0.3) is 5.91 Å². The monoisotopic (exact) mass is 705 g/mol. The molecule has 3 fully saturated rings. The van der Waals surface area contributed by atoms with Crippen molar-refractivity contribution in [2.75, 3.05) is 65.1 Å². The number of nitrogens with two attached hydrogens (primary N) is 1. The lowest BCUT2D eigenvalue weighted by molar-refractivity contribution is -0.142. The van der Waals surface area contributed by atoms with Gasteiger partial charge in [0.2, 0.25) is 0 Å². The molecule has 1 atom stereocenters. The van der Waals surface area contributed by atoms with Gasteiger partial charge in [0.05, 0.1) is 27.3 Å². The molecule has 0 unspecified atom stereocenters. The first-order valence-electron chi connectivity index (χ1n) is 16.9. The van der Waals surface area contributed by atoms with E-state index in [2.05, 4.69) is 21.8 Å². The highest BCUT2D eigenvalue weighted by molar-refractivity contribution is 6.33. The summed E-state index contributed by atoms with van der Waals surface area (Å²) in [4.78, 5) is 51.1. The summed E-state index contributed by atoms with van der Waals surface area (Å²) in [6.45, 7) is 5.43. The Hall–Kier alpha value is -3.75. The largest absolute Gasteiger partial charge is 0.436 e. The summed E-state index contributed by atoms with van der Waals surface area (Å²) >= 11 is 6.11. The van der Waals surface area contributed by atoms with Gasteiger partial charge in [-0.3, -0.25) is 14.3 Å². The van der Waals surface area contributed by atoms with Crippen LogP contribution >= 0.6 is 11.6 Å². The number of para-hydroxylation sites is 2. The number of nitrogen functional groups attached to an aromatic ring is 1. The van der Waals surface area contributed by atoms with Gasteiger partial charge < -0.3 is 30.2 Å². The number of nitrogens with zero attached hydrogens (tertiary/aromatic N) is 5. The third kappa shape index (κ3) is 7.86. The number of likely N-dealkylation sites (tertiary alicyclic amines) is 2. The number of carbonyl (C=O) groups is 2. The molecule has 2 amide bonds. The number of hydrogen-bond donors (Lipinski definition) is 2. The molecule has 266 valence electrons. The van der Waals surface area contributed by atoms with E-state index in [1.165, 1.54) is 11.0 Å². The molecule has 3 aliphatic rings. The quantitative estimate of drug-likeness (QED) is 0.360. The molecule has 0 bridgehead atoms. The van der Waals surface area contributed by atoms with Crippen LogP contribution in [0, 0.1) is 0 Å². The standard InChI is InChI=1S/C34H43ClF3N7O4/c1-41-11-4-12-42(18-17-41)23-7-13-43(14-8-23)31(46)29(21-22-19-25(34(36,37)38)30(39)26(35)20-22)49-33(48)44-15-9-24(10-16-44)45-28-6-3-2-5-27(28)40-32(45)47/h2-3,5-6,19-20,23-24,29H,4,7-18,21,39H2,1H3,(H,40,47)/t29-/m1/s1. The van der Waals surface area contributed by atoms with Crippen LogP contribution in [0.15, 0.2) is 41.2 Å². The van der Waals surface area contributed by atoms with Gasteiger partial charge in [-0.05, 0) is 82.1 Å². The van der Waals surface area contributed by atoms with Crippen molar-refractivity contribution in [1.82, 2.24) is 29.2 Å². The topological polar surface area (TPSA) is 120 Å². The van der Waals surface area contributed by atoms with Crippen LogP contribution in [-0.2, 0) is 22.1 Å². The fourth-order valence-electron chi connectivity index (χ4n) is 7.45. The summed E-state index contributed by atoms with van der Waals surface area (Å²) in [5.74, 6) is -0.455. The second-order valence-electron chi connectivity index (χ2n) is 13.4. The van der Waals surface area contributed by atoms with Crippen LogP contribution in [0.4, 0.5) is 23.7 Å². The minimum absolute atomic E-state index is 0.0821. The van der Waals surface area contributed by atoms with E-state index in [-0.39, 0.29) is 41.8 Å². The number of alkyl halides is 3. The molecule has 2 aromatic carbocycles. The number of anilines is 1. The van der Waals surface area contributed by atoms with Gasteiger partial charge in [-0.25, -0.2) is 9.59 Å². The predicted octanol–water partition coefficient (Wildman–Crippen LogP) is 4.60. The Balaban J connectivity index is 1.16. The summed E-state index contributed by atoms with van der Waals surface area (Å²) in [7, 11) is 2.12. The maximum Gasteiger partial charge on any atom is 0.418 e. The number of halogens is 4. The minimum atomic E-state index is -4.76. The molecule has 11 nitrogen and oxygen atoms in total. The number of rotatable bonds is 6. The average molecular weight is 706 g/mol. The number of hydrogen-bond acceptors (Lipinski definition) is 7. The number of nitrogens with one attached hydrogen (secondary N) is 1. The van der Waals surface area contributed by atoms with Crippen LogP contribution < -0.4 is 11.4 Å². The van der Waals surface area contributed by atoms with Crippen molar-refractivity contribution in [2.24, 2.45) is 0 Å². The highest BCUT2D eigenvalue weighted by Gasteiger charge is 2.37. The van der Waals surface area contributed by atoms with Gasteiger partial charge >= 0.3 is 18.0 Å². The molecule has 0 aliphatic carbocycles. The van der Waals surface area contributed by atoms with Gasteiger partial charge in [-0.15, -0.1) is 0 Å². The first kappa shape index (κ1) is 35.1. The van der Waals surface area contributed by atoms with Crippen molar-refractivity contribution in [2.45, 2.75) is 62.9 Å². The van der Waals surface area contributed by atoms with E-state index in [4.69, 9.17) is 22.1 Å². The summed E-state index contributed by atoms with van der Waals surface area (Å²) in [5.41, 5.74) is 5.32. The maximum absolute atomic E-state index is 14.0. The molecule has 3 aliphatic heterocycles. The summed E-state index contributed by atoms with van der Waals surface area (Å²) < 4.78 is 48.9. The molecule has 4 heterocycles. The molecule has 3 N–H and O–H groups in total. The van der Waals surface area contributed by atoms with E-state index in [1.54, 1.807) is 9.47 Å². The van der Waals surface area contributed by atoms with Crippen molar-refractivity contribution in [3.8, 4) is 0 Å². The third-order valence-corrected chi connectivity index (χ3v) is 10.5. The first-order valence-corrected chi connectivity index (χ1v) is 17.3. The molecule has 1 aromatic heterocycles. The average Bonchev–Trinajstić information content (AvgIpc) is 3.26. The number of piperidine rings is 2. The Morgan fingerprint density at radius 3 is 2.35 bits per heavy atom. The first-order chi connectivity index (χ1) is 23.4. The van der Waals surface area contributed by atoms with Crippen molar-refractivity contribution >= 4 is 40.3 Å². The molecule has 3 aromatic rings. The zero-order valence-electron chi connectivity index (χ0n) is 27.6. The lowest BCUT2D eigenvalue weighted by atomic mass is 9.99. The number of amides is 2. The normalized spacial score (nSPS) is 20.0. The number of imidazole rings is 1. The van der Waals surface area contributed by atoms with Gasteiger partial charge in [-0.2, -0.15) is 13.2 Å². The summed E-state index contributed by atoms with van der Waals surface area (Å²) in [6.07, 6.45) is -3.61. The van der Waals surface area contributed by atoms with Gasteiger partial charge in [0, 0.05) is 57.8 Å². The van der Waals surface area contributed by atoms with Crippen molar-refractivity contribution in [3.63, 3.8) is 0 Å². The number of likely N-dealkylation sites (N-methyl/N-ethyl adjacent to an activating group) is 1. The molecule has 0 radical (unpaired) electrons. The molecule has 3 saturated heterocycles. The van der Waals surface area contributed by atoms with E-state index in [9.17, 15) is 27.6 Å². The Labute approximate surface area is 287 Å². The lowest BCUT2D eigenvalue weighted by Crippen LogP contribution is -2.51. The number of ether oxygens (including phenoxy) is 1. The fraction of sp³-hybridized carbons (Fsp3) is 0.559. The minimum Gasteiger partial charge on any atom is -0.436 e. The van der Waals surface area contributed by atoms with Crippen molar-refractivity contribution in [1.29, 1.82) is 0 Å². The van der Waals surface area contributed by atoms with Crippen LogP contribution in [0.2, 0.25) is 5.02 Å². The number of fused-ring (bicyclic) bond motifs is 1. The highest BCUT2D eigenvalue weighted by Crippen LogP contribution is 2.38. The Morgan fingerprint density at radius 2 is 1.63 bits per heavy atom. The van der Waals surface area contributed by atoms with Gasteiger partial charge in [0.1, 0.15) is 0 Å². The maximum atomic E-state index is 14.0. The second-order valence-corrected chi connectivity index (χ2v) is 13.8. The van der Waals surface area contributed by atoms with E-state index < -0.39 is 35.5 Å². The molecular weight excluding hydrogens is 663 g/mol. The van der Waals surface area contributed by atoms with E-state index in [1.807, 2.05) is 24.3 Å². The fourth-order valence-corrected chi connectivity index (χ4v) is 7.69. The number of aromatic nitrogens is 2. The number of aromatic amines is 1. The third-order valence-electron chi connectivity index (χ3n) is 10.2. The Bertz CT molecular complexity index is 1710. The molecule has 15 heteroatoms. The van der Waals surface area contributed by atoms with E-state index >= 15 is 0 Å². The number of carbonyl (C=O) groups excluding carboxylic acids is 2. The highest BCUT2D eigenvalue weighted by atomic mass is 35.5. The van der Waals surface area contributed by atoms with Crippen LogP contribution in [0.1, 0.15) is 49.3 Å². The van der Waals surface area contributed by atoms with Gasteiger partial charge in [0.15, 0.2) is 6.10 Å². The molecular formula is C34H43ClF3N7O4. The summed E-state index contributed by atoms with van der Waals surface area (Å²) in [6, 6.07) is 9.74. The lowest BCUT2D eigenvalue weighted by Gasteiger charge is -2.39. The SMILES string of the molecule is CN1CCCN(C2CCN(C(=O)[C@@H](Cc3cc(Cl)c(N)c(C(F)(F)F)c3)OC(=O)N3CCC(n4c(=O)[nH]c5ccccc54)CC3)CC2)CC1. The second kappa shape index (κ2) is 14.6. The number of H-pyrrole nitrogens is 1. The zero-order chi connectivity index (χ0) is 34.9. The predicted molar refractivity (Wildman–Crippen MR) is 181 cm³/mol. The van der Waals surface area contributed by atoms with E-state index in [0.717, 1.165) is 62.5 Å². The number of benzene rings is 2. The van der Waals surface area contributed by atoms with Crippen molar-refractivity contribution < 1.29 is 27.5 Å². The van der Waals surface area contributed by atoms with Crippen molar-refractivity contribution in [3.05, 3.63) is 63.0 Å². The Morgan fingerprint density at radius 1 is 0.959 bits per heavy atom. The molecule has 0 saturated carbocycles. The van der Waals surface area contributed by atoms with Crippen LogP contribution in [-0.4, -0.2) is 113 Å². The Kier molecular flexibility index (Phi) is 10.5. The van der Waals surface area contributed by atoms with E-state index in [0.29, 0.717) is 32.0 Å². The zero-order valence-corrected chi connectivity index (χ0v) is 28.3. The smallest absolute Gasteiger partial charge is 0.418 e.